The van der Waals surface area contributed by atoms with E-state index in [1.165, 1.54) is 11.3 Å². The molecule has 59 valence electrons. The van der Waals surface area contributed by atoms with Gasteiger partial charge < -0.3 is 4.74 Å². The predicted molar refractivity (Wildman–Crippen MR) is 47.5 cm³/mol. The summed E-state index contributed by atoms with van der Waals surface area (Å²) < 4.78 is 5.44. The highest BCUT2D eigenvalue weighted by Crippen LogP contribution is 2.23. The van der Waals surface area contributed by atoms with Crippen molar-refractivity contribution in [1.29, 1.82) is 0 Å². The van der Waals surface area contributed by atoms with Gasteiger partial charge in [-0.1, -0.05) is 29.5 Å². The fourth-order valence-electron chi connectivity index (χ4n) is 0.829. The van der Waals surface area contributed by atoms with Crippen LogP contribution in [0.4, 0.5) is 0 Å². The van der Waals surface area contributed by atoms with Crippen LogP contribution >= 0.6 is 11.3 Å². The first-order valence-electron chi connectivity index (χ1n) is 3.50. The molecule has 1 aromatic heterocycles. The number of ether oxygens (including phenoxy) is 1. The molecule has 0 unspecified atom stereocenters. The minimum absolute atomic E-state index is 0.765. The summed E-state index contributed by atoms with van der Waals surface area (Å²) in [5.74, 6) is 0.829. The van der Waals surface area contributed by atoms with Crippen molar-refractivity contribution in [3.8, 4) is 10.8 Å². The van der Waals surface area contributed by atoms with Gasteiger partial charge in [0.1, 0.15) is 5.75 Å². The van der Waals surface area contributed by atoms with Crippen LogP contribution < -0.4 is 4.74 Å². The van der Waals surface area contributed by atoms with Crippen LogP contribution in [-0.4, -0.2) is 4.98 Å². The van der Waals surface area contributed by atoms with E-state index in [9.17, 15) is 0 Å². The lowest BCUT2D eigenvalue weighted by molar-refractivity contribution is 0.495. The Bertz CT molecular complexity index is 331. The first-order chi connectivity index (χ1) is 5.95. The van der Waals surface area contributed by atoms with Crippen LogP contribution in [0.5, 0.6) is 10.8 Å². The molecule has 0 aliphatic carbocycles. The predicted octanol–water partition coefficient (Wildman–Crippen LogP) is 2.74. The summed E-state index contributed by atoms with van der Waals surface area (Å²) in [7, 11) is 0. The number of para-hydroxylation sites is 1. The molecule has 1 radical (unpaired) electrons. The Labute approximate surface area is 74.5 Å². The molecule has 3 heteroatoms. The molecule has 2 rings (SSSR count). The van der Waals surface area contributed by atoms with Crippen molar-refractivity contribution in [2.45, 2.75) is 0 Å². The maximum atomic E-state index is 5.44. The van der Waals surface area contributed by atoms with Crippen molar-refractivity contribution in [3.63, 3.8) is 0 Å². The van der Waals surface area contributed by atoms with Crippen LogP contribution in [0, 0.1) is 5.51 Å². The molecule has 0 aliphatic heterocycles. The van der Waals surface area contributed by atoms with Gasteiger partial charge in [-0.25, -0.2) is 4.98 Å². The molecule has 2 nitrogen and oxygen atoms in total. The molecule has 0 saturated carbocycles. The van der Waals surface area contributed by atoms with Gasteiger partial charge in [0, 0.05) is 0 Å². The Hall–Kier alpha value is -1.35. The van der Waals surface area contributed by atoms with Crippen molar-refractivity contribution in [2.24, 2.45) is 0 Å². The van der Waals surface area contributed by atoms with Gasteiger partial charge in [-0.05, 0) is 12.1 Å². The van der Waals surface area contributed by atoms with Gasteiger partial charge in [0.05, 0.1) is 6.20 Å². The van der Waals surface area contributed by atoms with E-state index in [1.807, 2.05) is 30.3 Å². The lowest BCUT2D eigenvalue weighted by Crippen LogP contribution is -1.78. The van der Waals surface area contributed by atoms with Gasteiger partial charge in [-0.3, -0.25) is 0 Å². The van der Waals surface area contributed by atoms with Crippen molar-refractivity contribution >= 4 is 11.3 Å². The number of nitrogens with zero attached hydrogens (tertiary/aromatic N) is 1. The van der Waals surface area contributed by atoms with Crippen molar-refractivity contribution in [3.05, 3.63) is 42.0 Å². The van der Waals surface area contributed by atoms with Crippen LogP contribution in [0.15, 0.2) is 36.5 Å². The molecule has 0 aliphatic rings. The van der Waals surface area contributed by atoms with E-state index >= 15 is 0 Å². The monoisotopic (exact) mass is 176 g/mol. The van der Waals surface area contributed by atoms with Gasteiger partial charge in [-0.2, -0.15) is 0 Å². The molecule has 0 amide bonds. The average Bonchev–Trinajstić information content (AvgIpc) is 2.59. The molecule has 0 fully saturated rings. The summed E-state index contributed by atoms with van der Waals surface area (Å²) in [6.07, 6.45) is 1.65. The standard InChI is InChI=1S/C9H6NOS/c1-2-4-8(5-3-1)11-9-6-10-7-12-9/h1-6H. The summed E-state index contributed by atoms with van der Waals surface area (Å²) in [5.41, 5.74) is 2.72. The zero-order valence-corrected chi connectivity index (χ0v) is 7.04. The fourth-order valence-corrected chi connectivity index (χ4v) is 1.27. The summed E-state index contributed by atoms with van der Waals surface area (Å²) in [6.45, 7) is 0. The van der Waals surface area contributed by atoms with E-state index in [0.717, 1.165) is 10.8 Å². The maximum Gasteiger partial charge on any atom is 0.201 e. The van der Waals surface area contributed by atoms with Crippen LogP contribution in [0.3, 0.4) is 0 Å². The van der Waals surface area contributed by atoms with Gasteiger partial charge >= 0.3 is 0 Å². The van der Waals surface area contributed by atoms with Gasteiger partial charge in [0.15, 0.2) is 5.51 Å². The van der Waals surface area contributed by atoms with Crippen molar-refractivity contribution in [2.75, 3.05) is 0 Å². The molecule has 2 aromatic rings. The van der Waals surface area contributed by atoms with Gasteiger partial charge in [0.25, 0.3) is 0 Å². The highest BCUT2D eigenvalue weighted by atomic mass is 32.1. The molecule has 12 heavy (non-hydrogen) atoms. The number of hydrogen-bond acceptors (Lipinski definition) is 3. The third-order valence-electron chi connectivity index (χ3n) is 1.33. The number of hydrogen-bond donors (Lipinski definition) is 0. The van der Waals surface area contributed by atoms with E-state index in [4.69, 9.17) is 4.74 Å². The SMILES string of the molecule is [c]1ncc(Oc2ccccc2)s1. The molecule has 0 spiro atoms. The van der Waals surface area contributed by atoms with Crippen LogP contribution in [-0.2, 0) is 0 Å². The third-order valence-corrected chi connectivity index (χ3v) is 1.92. The zero-order valence-electron chi connectivity index (χ0n) is 6.23. The second-order valence-corrected chi connectivity index (χ2v) is 2.97. The molecule has 1 heterocycles. The Morgan fingerprint density at radius 2 is 2.08 bits per heavy atom. The summed E-state index contributed by atoms with van der Waals surface area (Å²) in [5, 5.41) is 0.765. The Kier molecular flexibility index (Phi) is 2.05. The minimum atomic E-state index is 0.765. The number of benzene rings is 1. The maximum absolute atomic E-state index is 5.44. The molecule has 0 N–H and O–H groups in total. The third kappa shape index (κ3) is 1.62. The van der Waals surface area contributed by atoms with Crippen LogP contribution in [0.25, 0.3) is 0 Å². The molecule has 0 atom stereocenters. The lowest BCUT2D eigenvalue weighted by Gasteiger charge is -1.99. The fraction of sp³-hybridized carbons (Fsp3) is 0. The van der Waals surface area contributed by atoms with E-state index in [0.29, 0.717) is 0 Å². The quantitative estimate of drug-likeness (QED) is 0.701. The molecular formula is C9H6NOS. The summed E-state index contributed by atoms with van der Waals surface area (Å²) in [4.78, 5) is 3.79. The van der Waals surface area contributed by atoms with Crippen LogP contribution in [0.2, 0.25) is 0 Å². The first kappa shape index (κ1) is 7.31. The largest absolute Gasteiger partial charge is 0.445 e. The number of rotatable bonds is 2. The second kappa shape index (κ2) is 3.36. The lowest BCUT2D eigenvalue weighted by atomic mass is 10.3. The van der Waals surface area contributed by atoms with E-state index in [1.54, 1.807) is 6.20 Å². The van der Waals surface area contributed by atoms with Crippen LogP contribution in [0.1, 0.15) is 0 Å². The Morgan fingerprint density at radius 3 is 2.75 bits per heavy atom. The number of aromatic nitrogens is 1. The van der Waals surface area contributed by atoms with E-state index < -0.39 is 0 Å². The van der Waals surface area contributed by atoms with Crippen molar-refractivity contribution < 1.29 is 4.74 Å². The Morgan fingerprint density at radius 1 is 1.25 bits per heavy atom. The molecule has 0 saturated heterocycles. The van der Waals surface area contributed by atoms with Gasteiger partial charge in [-0.15, -0.1) is 0 Å². The topological polar surface area (TPSA) is 22.1 Å². The highest BCUT2D eigenvalue weighted by Gasteiger charge is 1.95. The summed E-state index contributed by atoms with van der Waals surface area (Å²) in [6, 6.07) is 9.62. The van der Waals surface area contributed by atoms with Crippen molar-refractivity contribution in [1.82, 2.24) is 4.98 Å². The second-order valence-electron chi connectivity index (χ2n) is 2.19. The summed E-state index contributed by atoms with van der Waals surface area (Å²) >= 11 is 1.36. The normalized spacial score (nSPS) is 9.67. The van der Waals surface area contributed by atoms with E-state index in [2.05, 4.69) is 10.5 Å². The zero-order chi connectivity index (χ0) is 8.23. The number of thiazole rings is 1. The van der Waals surface area contributed by atoms with E-state index in [-0.39, 0.29) is 0 Å². The molecule has 1 aromatic carbocycles. The first-order valence-corrected chi connectivity index (χ1v) is 4.31. The molecular weight excluding hydrogens is 170 g/mol. The average molecular weight is 176 g/mol. The Balaban J connectivity index is 2.15. The smallest absolute Gasteiger partial charge is 0.201 e. The molecule has 0 bridgehead atoms. The minimum Gasteiger partial charge on any atom is -0.445 e. The highest BCUT2D eigenvalue weighted by molar-refractivity contribution is 7.11. The van der Waals surface area contributed by atoms with Gasteiger partial charge in [0.2, 0.25) is 5.06 Å².